The van der Waals surface area contributed by atoms with E-state index in [4.69, 9.17) is 21.4 Å². The number of amides is 1. The minimum absolute atomic E-state index is 0.0538. The molecule has 1 aliphatic rings. The summed E-state index contributed by atoms with van der Waals surface area (Å²) < 4.78 is 5.11. The first kappa shape index (κ1) is 14.8. The van der Waals surface area contributed by atoms with Gasteiger partial charge in [-0.2, -0.15) is 0 Å². The van der Waals surface area contributed by atoms with E-state index < -0.39 is 12.0 Å². The molecular formula is C14H16ClNO4. The normalized spacial score (nSPS) is 18.9. The molecule has 1 heterocycles. The van der Waals surface area contributed by atoms with Crippen LogP contribution in [0.4, 0.5) is 0 Å². The van der Waals surface area contributed by atoms with Gasteiger partial charge in [0.25, 0.3) is 0 Å². The zero-order chi connectivity index (χ0) is 14.5. The SMILES string of the molecule is O=C(O)[C@@H]1COCCN1C(=O)CCc1cccc(Cl)c1. The summed E-state index contributed by atoms with van der Waals surface area (Å²) in [6.45, 7) is 0.760. The van der Waals surface area contributed by atoms with E-state index in [1.165, 1.54) is 4.90 Å². The van der Waals surface area contributed by atoms with Crippen LogP contribution in [-0.2, 0) is 20.7 Å². The maximum atomic E-state index is 12.1. The number of carboxylic acid groups (broad SMARTS) is 1. The Bertz CT molecular complexity index is 506. The van der Waals surface area contributed by atoms with Gasteiger partial charge in [0.15, 0.2) is 6.04 Å². The van der Waals surface area contributed by atoms with Crippen LogP contribution < -0.4 is 0 Å². The highest BCUT2D eigenvalue weighted by Gasteiger charge is 2.32. The molecule has 0 aromatic heterocycles. The molecule has 1 saturated heterocycles. The van der Waals surface area contributed by atoms with Crippen LogP contribution in [0, 0.1) is 0 Å². The minimum atomic E-state index is -1.03. The summed E-state index contributed by atoms with van der Waals surface area (Å²) in [4.78, 5) is 24.6. The number of carbonyl (C=O) groups is 2. The van der Waals surface area contributed by atoms with Crippen LogP contribution in [0.3, 0.4) is 0 Å². The monoisotopic (exact) mass is 297 g/mol. The maximum absolute atomic E-state index is 12.1. The van der Waals surface area contributed by atoms with Gasteiger partial charge < -0.3 is 14.7 Å². The van der Waals surface area contributed by atoms with Crippen molar-refractivity contribution in [1.82, 2.24) is 4.90 Å². The molecule has 0 unspecified atom stereocenters. The van der Waals surface area contributed by atoms with E-state index in [1.54, 1.807) is 6.07 Å². The van der Waals surface area contributed by atoms with Crippen molar-refractivity contribution in [2.75, 3.05) is 19.8 Å². The van der Waals surface area contributed by atoms with E-state index in [9.17, 15) is 9.59 Å². The number of aryl methyl sites for hydroxylation is 1. The number of benzene rings is 1. The highest BCUT2D eigenvalue weighted by Crippen LogP contribution is 2.14. The average molecular weight is 298 g/mol. The molecule has 1 fully saturated rings. The maximum Gasteiger partial charge on any atom is 0.328 e. The summed E-state index contributed by atoms with van der Waals surface area (Å²) in [6.07, 6.45) is 0.813. The molecule has 108 valence electrons. The Balaban J connectivity index is 1.95. The van der Waals surface area contributed by atoms with Crippen LogP contribution in [-0.4, -0.2) is 47.7 Å². The molecule has 1 aromatic carbocycles. The highest BCUT2D eigenvalue weighted by atomic mass is 35.5. The number of nitrogens with zero attached hydrogens (tertiary/aromatic N) is 1. The van der Waals surface area contributed by atoms with Crippen molar-refractivity contribution in [3.05, 3.63) is 34.9 Å². The molecule has 1 aromatic rings. The molecular weight excluding hydrogens is 282 g/mol. The quantitative estimate of drug-likeness (QED) is 0.916. The lowest BCUT2D eigenvalue weighted by molar-refractivity contribution is -0.158. The van der Waals surface area contributed by atoms with Gasteiger partial charge in [-0.1, -0.05) is 23.7 Å². The molecule has 0 aliphatic carbocycles. The van der Waals surface area contributed by atoms with Gasteiger partial charge in [0.1, 0.15) is 0 Å². The van der Waals surface area contributed by atoms with Crippen molar-refractivity contribution in [3.63, 3.8) is 0 Å². The third kappa shape index (κ3) is 3.71. The number of halogens is 1. The lowest BCUT2D eigenvalue weighted by Crippen LogP contribution is -2.52. The Morgan fingerprint density at radius 3 is 2.95 bits per heavy atom. The number of hydrogen-bond donors (Lipinski definition) is 1. The summed E-state index contributed by atoms with van der Waals surface area (Å²) in [5.74, 6) is -1.19. The molecule has 1 N–H and O–H groups in total. The number of aliphatic carboxylic acids is 1. The van der Waals surface area contributed by atoms with Crippen molar-refractivity contribution in [2.45, 2.75) is 18.9 Å². The number of morpholine rings is 1. The highest BCUT2D eigenvalue weighted by molar-refractivity contribution is 6.30. The predicted octanol–water partition coefficient (Wildman–Crippen LogP) is 1.58. The number of carbonyl (C=O) groups excluding carboxylic acids is 1. The molecule has 0 spiro atoms. The van der Waals surface area contributed by atoms with Gasteiger partial charge in [-0.3, -0.25) is 4.79 Å². The lowest BCUT2D eigenvalue weighted by atomic mass is 10.1. The summed E-state index contributed by atoms with van der Waals surface area (Å²) in [6, 6.07) is 6.43. The van der Waals surface area contributed by atoms with Gasteiger partial charge in [-0.05, 0) is 24.1 Å². The van der Waals surface area contributed by atoms with Gasteiger partial charge in [-0.15, -0.1) is 0 Å². The Morgan fingerprint density at radius 2 is 2.25 bits per heavy atom. The Hall–Kier alpha value is -1.59. The number of ether oxygens (including phenoxy) is 1. The molecule has 0 radical (unpaired) electrons. The largest absolute Gasteiger partial charge is 0.480 e. The third-order valence-electron chi connectivity index (χ3n) is 3.25. The Kier molecular flexibility index (Phi) is 4.98. The molecule has 0 bridgehead atoms. The average Bonchev–Trinajstić information content (AvgIpc) is 2.45. The van der Waals surface area contributed by atoms with Gasteiger partial charge in [0.2, 0.25) is 5.91 Å². The van der Waals surface area contributed by atoms with Crippen LogP contribution in [0.5, 0.6) is 0 Å². The van der Waals surface area contributed by atoms with E-state index in [-0.39, 0.29) is 18.9 Å². The first-order valence-electron chi connectivity index (χ1n) is 6.42. The molecule has 0 saturated carbocycles. The lowest BCUT2D eigenvalue weighted by Gasteiger charge is -2.32. The number of carboxylic acids is 1. The molecule has 1 amide bonds. The second kappa shape index (κ2) is 6.72. The molecule has 5 nitrogen and oxygen atoms in total. The first-order chi connectivity index (χ1) is 9.58. The van der Waals surface area contributed by atoms with E-state index in [1.807, 2.05) is 18.2 Å². The zero-order valence-electron chi connectivity index (χ0n) is 10.9. The topological polar surface area (TPSA) is 66.8 Å². The molecule has 2 rings (SSSR count). The van der Waals surface area contributed by atoms with Crippen molar-refractivity contribution in [2.24, 2.45) is 0 Å². The van der Waals surface area contributed by atoms with Crippen LogP contribution in [0.15, 0.2) is 24.3 Å². The van der Waals surface area contributed by atoms with Crippen molar-refractivity contribution in [3.8, 4) is 0 Å². The minimum Gasteiger partial charge on any atom is -0.480 e. The zero-order valence-corrected chi connectivity index (χ0v) is 11.7. The number of hydrogen-bond acceptors (Lipinski definition) is 3. The van der Waals surface area contributed by atoms with Gasteiger partial charge in [0.05, 0.1) is 13.2 Å². The smallest absolute Gasteiger partial charge is 0.328 e. The van der Waals surface area contributed by atoms with Crippen molar-refractivity contribution < 1.29 is 19.4 Å². The summed E-state index contributed by atoms with van der Waals surface area (Å²) in [5, 5.41) is 9.72. The predicted molar refractivity (Wildman–Crippen MR) is 73.7 cm³/mol. The van der Waals surface area contributed by atoms with Gasteiger partial charge in [0, 0.05) is 18.0 Å². The van der Waals surface area contributed by atoms with Crippen molar-refractivity contribution in [1.29, 1.82) is 0 Å². The standard InChI is InChI=1S/C14H16ClNO4/c15-11-3-1-2-10(8-11)4-5-13(17)16-6-7-20-9-12(16)14(18)19/h1-3,8,12H,4-7,9H2,(H,18,19)/t12-/m0/s1. The van der Waals surface area contributed by atoms with Crippen LogP contribution in [0.1, 0.15) is 12.0 Å². The van der Waals surface area contributed by atoms with Crippen LogP contribution in [0.25, 0.3) is 0 Å². The molecule has 20 heavy (non-hydrogen) atoms. The third-order valence-corrected chi connectivity index (χ3v) is 3.49. The fourth-order valence-electron chi connectivity index (χ4n) is 2.19. The van der Waals surface area contributed by atoms with Gasteiger partial charge in [-0.25, -0.2) is 4.79 Å². The first-order valence-corrected chi connectivity index (χ1v) is 6.80. The Labute approximate surface area is 122 Å². The van der Waals surface area contributed by atoms with E-state index in [0.29, 0.717) is 24.6 Å². The number of rotatable bonds is 4. The molecule has 6 heteroatoms. The van der Waals surface area contributed by atoms with Gasteiger partial charge >= 0.3 is 5.97 Å². The van der Waals surface area contributed by atoms with Crippen molar-refractivity contribution >= 4 is 23.5 Å². The fourth-order valence-corrected chi connectivity index (χ4v) is 2.41. The van der Waals surface area contributed by atoms with E-state index in [2.05, 4.69) is 0 Å². The summed E-state index contributed by atoms with van der Waals surface area (Å²) >= 11 is 5.88. The van der Waals surface area contributed by atoms with Crippen LogP contribution in [0.2, 0.25) is 5.02 Å². The second-order valence-electron chi connectivity index (χ2n) is 4.65. The van der Waals surface area contributed by atoms with E-state index in [0.717, 1.165) is 5.56 Å². The molecule has 1 aliphatic heterocycles. The summed E-state index contributed by atoms with van der Waals surface area (Å²) in [5.41, 5.74) is 0.964. The summed E-state index contributed by atoms with van der Waals surface area (Å²) in [7, 11) is 0. The van der Waals surface area contributed by atoms with E-state index >= 15 is 0 Å². The second-order valence-corrected chi connectivity index (χ2v) is 5.08. The van der Waals surface area contributed by atoms with Crippen LogP contribution >= 0.6 is 11.6 Å². The molecule has 1 atom stereocenters. The fraction of sp³-hybridized carbons (Fsp3) is 0.429. The Morgan fingerprint density at radius 1 is 1.45 bits per heavy atom.